The molecule has 1 atom stereocenters. The number of nitrogens with one attached hydrogen (secondary N) is 2. The van der Waals surface area contributed by atoms with Crippen molar-refractivity contribution in [2.24, 2.45) is 4.99 Å². The van der Waals surface area contributed by atoms with Crippen molar-refractivity contribution in [2.75, 3.05) is 19.6 Å². The lowest BCUT2D eigenvalue weighted by atomic mass is 9.87. The molecule has 0 bridgehead atoms. The second-order valence-electron chi connectivity index (χ2n) is 7.48. The summed E-state index contributed by atoms with van der Waals surface area (Å²) in [5.74, 6) is 1.64. The van der Waals surface area contributed by atoms with Gasteiger partial charge in [0.2, 0.25) is 0 Å². The first-order chi connectivity index (χ1) is 15.1. The third kappa shape index (κ3) is 6.39. The van der Waals surface area contributed by atoms with Gasteiger partial charge >= 0.3 is 0 Å². The van der Waals surface area contributed by atoms with E-state index in [2.05, 4.69) is 27.8 Å². The van der Waals surface area contributed by atoms with Crippen LogP contribution in [0.1, 0.15) is 30.8 Å². The van der Waals surface area contributed by atoms with Crippen molar-refractivity contribution in [2.45, 2.75) is 38.8 Å². The molecule has 0 fully saturated rings. The van der Waals surface area contributed by atoms with E-state index in [0.29, 0.717) is 18.9 Å². The summed E-state index contributed by atoms with van der Waals surface area (Å²) in [6.45, 7) is 6.50. The van der Waals surface area contributed by atoms with Crippen LogP contribution in [0.15, 0.2) is 72.0 Å². The van der Waals surface area contributed by atoms with Gasteiger partial charge in [0, 0.05) is 32.5 Å². The molecule has 3 rings (SSSR count). The van der Waals surface area contributed by atoms with Gasteiger partial charge in [0.15, 0.2) is 5.96 Å². The molecule has 0 spiro atoms. The van der Waals surface area contributed by atoms with Crippen LogP contribution in [0.3, 0.4) is 0 Å². The van der Waals surface area contributed by atoms with E-state index in [0.717, 1.165) is 36.5 Å². The van der Waals surface area contributed by atoms with Crippen molar-refractivity contribution in [1.82, 2.24) is 25.4 Å². The van der Waals surface area contributed by atoms with Crippen LogP contribution in [0.4, 0.5) is 0 Å². The van der Waals surface area contributed by atoms with Gasteiger partial charge < -0.3 is 20.3 Å². The SMILES string of the molecule is CCNC(=NCC(O)(Cc1ccccc1)c1ccccc1)NCCn1cnnc1CC. The minimum Gasteiger partial charge on any atom is -0.383 e. The fraction of sp³-hybridized carbons (Fsp3) is 0.375. The molecule has 2 aromatic carbocycles. The molecule has 0 aliphatic carbocycles. The molecule has 3 N–H and O–H groups in total. The van der Waals surface area contributed by atoms with Crippen LogP contribution in [0.5, 0.6) is 0 Å². The molecule has 0 aliphatic heterocycles. The summed E-state index contributed by atoms with van der Waals surface area (Å²) < 4.78 is 2.03. The highest BCUT2D eigenvalue weighted by Crippen LogP contribution is 2.26. The second kappa shape index (κ2) is 11.3. The largest absolute Gasteiger partial charge is 0.383 e. The molecule has 0 saturated heterocycles. The number of rotatable bonds is 10. The average molecular weight is 421 g/mol. The number of aromatic nitrogens is 3. The molecule has 0 aliphatic rings. The molecule has 0 saturated carbocycles. The van der Waals surface area contributed by atoms with E-state index in [1.165, 1.54) is 0 Å². The molecule has 1 unspecified atom stereocenters. The number of benzene rings is 2. The summed E-state index contributed by atoms with van der Waals surface area (Å²) >= 11 is 0. The predicted octanol–water partition coefficient (Wildman–Crippen LogP) is 2.53. The number of aliphatic imine (C=N–C) groups is 1. The van der Waals surface area contributed by atoms with Gasteiger partial charge in [0.05, 0.1) is 6.54 Å². The van der Waals surface area contributed by atoms with Crippen LogP contribution in [0.25, 0.3) is 0 Å². The Balaban J connectivity index is 1.72. The molecule has 1 aromatic heterocycles. The minimum atomic E-state index is -1.10. The van der Waals surface area contributed by atoms with E-state index >= 15 is 0 Å². The number of nitrogens with zero attached hydrogens (tertiary/aromatic N) is 4. The average Bonchev–Trinajstić information content (AvgIpc) is 3.26. The fourth-order valence-electron chi connectivity index (χ4n) is 3.52. The number of aryl methyl sites for hydroxylation is 1. The molecular weight excluding hydrogens is 388 g/mol. The van der Waals surface area contributed by atoms with Gasteiger partial charge in [-0.25, -0.2) is 4.99 Å². The highest BCUT2D eigenvalue weighted by molar-refractivity contribution is 5.79. The molecule has 164 valence electrons. The normalized spacial score (nSPS) is 13.6. The van der Waals surface area contributed by atoms with Gasteiger partial charge in [-0.3, -0.25) is 0 Å². The quantitative estimate of drug-likeness (QED) is 0.347. The molecule has 0 radical (unpaired) electrons. The van der Waals surface area contributed by atoms with Gasteiger partial charge in [0.25, 0.3) is 0 Å². The van der Waals surface area contributed by atoms with E-state index in [1.54, 1.807) is 6.33 Å². The summed E-state index contributed by atoms with van der Waals surface area (Å²) in [7, 11) is 0. The van der Waals surface area contributed by atoms with E-state index in [1.807, 2.05) is 72.2 Å². The van der Waals surface area contributed by atoms with Crippen molar-refractivity contribution >= 4 is 5.96 Å². The topological polar surface area (TPSA) is 87.4 Å². The van der Waals surface area contributed by atoms with Gasteiger partial charge in [-0.1, -0.05) is 67.6 Å². The Bertz CT molecular complexity index is 941. The first-order valence-electron chi connectivity index (χ1n) is 10.9. The molecule has 7 heteroatoms. The Labute approximate surface area is 184 Å². The van der Waals surface area contributed by atoms with Crippen LogP contribution in [-0.4, -0.2) is 45.5 Å². The highest BCUT2D eigenvalue weighted by atomic mass is 16.3. The number of hydrogen-bond acceptors (Lipinski definition) is 4. The lowest BCUT2D eigenvalue weighted by Crippen LogP contribution is -2.41. The Morgan fingerprint density at radius 3 is 2.42 bits per heavy atom. The molecule has 1 heterocycles. The fourth-order valence-corrected chi connectivity index (χ4v) is 3.52. The Morgan fingerprint density at radius 1 is 1.03 bits per heavy atom. The summed E-state index contributed by atoms with van der Waals surface area (Å²) in [6.07, 6.45) is 3.08. The molecule has 7 nitrogen and oxygen atoms in total. The summed E-state index contributed by atoms with van der Waals surface area (Å²) in [6, 6.07) is 19.8. The van der Waals surface area contributed by atoms with Crippen LogP contribution in [0.2, 0.25) is 0 Å². The smallest absolute Gasteiger partial charge is 0.191 e. The van der Waals surface area contributed by atoms with Crippen molar-refractivity contribution in [3.8, 4) is 0 Å². The molecule has 3 aromatic rings. The van der Waals surface area contributed by atoms with Crippen molar-refractivity contribution < 1.29 is 5.11 Å². The first kappa shape index (κ1) is 22.5. The monoisotopic (exact) mass is 420 g/mol. The summed E-state index contributed by atoms with van der Waals surface area (Å²) in [4.78, 5) is 4.72. The van der Waals surface area contributed by atoms with E-state index in [9.17, 15) is 5.11 Å². The van der Waals surface area contributed by atoms with Crippen LogP contribution >= 0.6 is 0 Å². The van der Waals surface area contributed by atoms with Crippen molar-refractivity contribution in [3.63, 3.8) is 0 Å². The van der Waals surface area contributed by atoms with Gasteiger partial charge in [0.1, 0.15) is 17.8 Å². The second-order valence-corrected chi connectivity index (χ2v) is 7.48. The van der Waals surface area contributed by atoms with Crippen molar-refractivity contribution in [3.05, 3.63) is 83.9 Å². The Hall–Kier alpha value is -3.19. The Morgan fingerprint density at radius 2 is 1.74 bits per heavy atom. The molecule has 0 amide bonds. The lowest BCUT2D eigenvalue weighted by molar-refractivity contribution is 0.0467. The summed E-state index contributed by atoms with van der Waals surface area (Å²) in [5.41, 5.74) is 0.825. The number of guanidine groups is 1. The van der Waals surface area contributed by atoms with Crippen LogP contribution < -0.4 is 10.6 Å². The first-order valence-corrected chi connectivity index (χ1v) is 10.9. The van der Waals surface area contributed by atoms with Crippen LogP contribution in [-0.2, 0) is 25.0 Å². The third-order valence-corrected chi connectivity index (χ3v) is 5.15. The van der Waals surface area contributed by atoms with E-state index in [-0.39, 0.29) is 6.54 Å². The number of aliphatic hydroxyl groups is 1. The van der Waals surface area contributed by atoms with E-state index < -0.39 is 5.60 Å². The van der Waals surface area contributed by atoms with Crippen molar-refractivity contribution in [1.29, 1.82) is 0 Å². The predicted molar refractivity (Wildman–Crippen MR) is 124 cm³/mol. The van der Waals surface area contributed by atoms with E-state index in [4.69, 9.17) is 4.99 Å². The number of hydrogen-bond donors (Lipinski definition) is 3. The zero-order chi connectivity index (χ0) is 21.9. The standard InChI is InChI=1S/C24H32N6O/c1-3-22-29-28-19-30(22)16-15-26-23(25-4-2)27-18-24(31,21-13-9-6-10-14-21)17-20-11-7-5-8-12-20/h5-14,19,31H,3-4,15-18H2,1-2H3,(H2,25,26,27). The molecule has 31 heavy (non-hydrogen) atoms. The maximum absolute atomic E-state index is 11.6. The summed E-state index contributed by atoms with van der Waals surface area (Å²) in [5, 5.41) is 26.3. The van der Waals surface area contributed by atoms with Gasteiger partial charge in [-0.05, 0) is 18.1 Å². The van der Waals surface area contributed by atoms with Gasteiger partial charge in [-0.15, -0.1) is 10.2 Å². The maximum atomic E-state index is 11.6. The minimum absolute atomic E-state index is 0.244. The van der Waals surface area contributed by atoms with Crippen LogP contribution in [0, 0.1) is 0 Å². The molecular formula is C24H32N6O. The third-order valence-electron chi connectivity index (χ3n) is 5.15. The lowest BCUT2D eigenvalue weighted by Gasteiger charge is -2.28. The highest BCUT2D eigenvalue weighted by Gasteiger charge is 2.29. The Kier molecular flexibility index (Phi) is 8.18. The zero-order valence-electron chi connectivity index (χ0n) is 18.3. The van der Waals surface area contributed by atoms with Gasteiger partial charge in [-0.2, -0.15) is 0 Å². The maximum Gasteiger partial charge on any atom is 0.191 e. The zero-order valence-corrected chi connectivity index (χ0v) is 18.3.